The van der Waals surface area contributed by atoms with Crippen molar-refractivity contribution in [3.05, 3.63) is 29.9 Å². The molecule has 3 heterocycles. The minimum absolute atomic E-state index is 0.0364. The molecule has 1 atom stereocenters. The number of amides is 2. The molecule has 0 saturated heterocycles. The summed E-state index contributed by atoms with van der Waals surface area (Å²) in [5.74, 6) is 1.74. The van der Waals surface area contributed by atoms with Gasteiger partial charge < -0.3 is 14.4 Å². The van der Waals surface area contributed by atoms with E-state index >= 15 is 0 Å². The Morgan fingerprint density at radius 3 is 2.60 bits per heavy atom. The van der Waals surface area contributed by atoms with Gasteiger partial charge in [0, 0.05) is 38.8 Å². The van der Waals surface area contributed by atoms with Crippen LogP contribution in [0.4, 0.5) is 0 Å². The first-order valence-corrected chi connectivity index (χ1v) is 9.24. The molecule has 0 radical (unpaired) electrons. The summed E-state index contributed by atoms with van der Waals surface area (Å²) in [4.78, 5) is 33.2. The van der Waals surface area contributed by atoms with Crippen LogP contribution < -0.4 is 0 Å². The van der Waals surface area contributed by atoms with E-state index < -0.39 is 0 Å². The number of hydrogen-bond acceptors (Lipinski definition) is 3. The van der Waals surface area contributed by atoms with Crippen LogP contribution >= 0.6 is 0 Å². The molecular weight excluding hydrogens is 316 g/mol. The fourth-order valence-corrected chi connectivity index (χ4v) is 3.48. The third kappa shape index (κ3) is 3.94. The van der Waals surface area contributed by atoms with E-state index in [0.29, 0.717) is 38.4 Å². The van der Waals surface area contributed by atoms with Gasteiger partial charge >= 0.3 is 0 Å². The van der Waals surface area contributed by atoms with Gasteiger partial charge in [-0.1, -0.05) is 26.0 Å². The molecule has 6 heteroatoms. The van der Waals surface area contributed by atoms with Gasteiger partial charge in [-0.25, -0.2) is 4.98 Å². The van der Waals surface area contributed by atoms with Crippen LogP contribution in [0.25, 0.3) is 0 Å². The number of carbonyl (C=O) groups is 2. The zero-order chi connectivity index (χ0) is 18.0. The Morgan fingerprint density at radius 2 is 1.92 bits per heavy atom. The minimum Gasteiger partial charge on any atom is -0.335 e. The van der Waals surface area contributed by atoms with Gasteiger partial charge in [0.2, 0.25) is 11.8 Å². The molecule has 25 heavy (non-hydrogen) atoms. The molecule has 2 amide bonds. The van der Waals surface area contributed by atoms with Crippen LogP contribution in [0.3, 0.4) is 0 Å². The largest absolute Gasteiger partial charge is 0.335 e. The maximum Gasteiger partial charge on any atom is 0.229 e. The zero-order valence-corrected chi connectivity index (χ0v) is 15.4. The van der Waals surface area contributed by atoms with Crippen molar-refractivity contribution in [2.45, 2.75) is 52.6 Å². The van der Waals surface area contributed by atoms with Crippen LogP contribution in [-0.2, 0) is 22.6 Å². The molecular formula is C19H28N4O2. The van der Waals surface area contributed by atoms with Gasteiger partial charge in [0.1, 0.15) is 5.82 Å². The average Bonchev–Trinajstić information content (AvgIpc) is 3.22. The fraction of sp³-hybridized carbons (Fsp3) is 0.632. The fourth-order valence-electron chi connectivity index (χ4n) is 3.48. The number of fused-ring (bicyclic) bond motifs is 1. The van der Waals surface area contributed by atoms with Crippen molar-refractivity contribution >= 4 is 11.8 Å². The molecule has 6 nitrogen and oxygen atoms in total. The first kappa shape index (κ1) is 17.7. The molecule has 136 valence electrons. The lowest BCUT2D eigenvalue weighted by molar-refractivity contribution is -0.135. The Kier molecular flexibility index (Phi) is 5.25. The van der Waals surface area contributed by atoms with Crippen LogP contribution in [0.1, 0.15) is 51.2 Å². The van der Waals surface area contributed by atoms with Crippen molar-refractivity contribution in [2.75, 3.05) is 19.6 Å². The third-order valence-electron chi connectivity index (χ3n) is 5.04. The van der Waals surface area contributed by atoms with Crippen molar-refractivity contribution in [3.63, 3.8) is 0 Å². The average molecular weight is 344 g/mol. The van der Waals surface area contributed by atoms with Crippen molar-refractivity contribution in [1.29, 1.82) is 0 Å². The molecule has 0 aromatic carbocycles. The second kappa shape index (κ2) is 7.42. The summed E-state index contributed by atoms with van der Waals surface area (Å²) >= 11 is 0. The lowest BCUT2D eigenvalue weighted by atomic mass is 10.1. The topological polar surface area (TPSA) is 58.4 Å². The molecule has 1 unspecified atom stereocenters. The Hall–Kier alpha value is -2.11. The van der Waals surface area contributed by atoms with E-state index in [9.17, 15) is 9.59 Å². The quantitative estimate of drug-likeness (QED) is 0.769. The monoisotopic (exact) mass is 344 g/mol. The first-order valence-electron chi connectivity index (χ1n) is 9.24. The van der Waals surface area contributed by atoms with Crippen LogP contribution in [0.2, 0.25) is 0 Å². The van der Waals surface area contributed by atoms with Gasteiger partial charge in [-0.05, 0) is 19.3 Å². The molecule has 0 spiro atoms. The molecule has 1 aromatic rings. The maximum atomic E-state index is 12.5. The Balaban J connectivity index is 1.65. The van der Waals surface area contributed by atoms with E-state index in [1.54, 1.807) is 0 Å². The van der Waals surface area contributed by atoms with E-state index in [-0.39, 0.29) is 17.9 Å². The van der Waals surface area contributed by atoms with Gasteiger partial charge in [-0.15, -0.1) is 0 Å². The van der Waals surface area contributed by atoms with Gasteiger partial charge in [-0.3, -0.25) is 9.59 Å². The molecule has 1 aromatic heterocycles. The van der Waals surface area contributed by atoms with E-state index in [1.165, 1.54) is 0 Å². The van der Waals surface area contributed by atoms with Crippen molar-refractivity contribution < 1.29 is 9.59 Å². The van der Waals surface area contributed by atoms with E-state index in [2.05, 4.69) is 23.4 Å². The number of carbonyl (C=O) groups excluding carboxylic acids is 2. The lowest BCUT2D eigenvalue weighted by Gasteiger charge is -2.34. The summed E-state index contributed by atoms with van der Waals surface area (Å²) in [7, 11) is 0. The molecule has 0 bridgehead atoms. The van der Waals surface area contributed by atoms with Crippen molar-refractivity contribution in [3.8, 4) is 0 Å². The zero-order valence-electron chi connectivity index (χ0n) is 15.4. The van der Waals surface area contributed by atoms with Crippen LogP contribution in [0, 0.1) is 5.92 Å². The molecule has 0 N–H and O–H groups in total. The number of nitrogens with zero attached hydrogens (tertiary/aromatic N) is 4. The highest BCUT2D eigenvalue weighted by Gasteiger charge is 2.30. The maximum absolute atomic E-state index is 12.5. The second-order valence-electron chi connectivity index (χ2n) is 7.43. The molecule has 2 aliphatic rings. The Bertz CT molecular complexity index is 669. The van der Waals surface area contributed by atoms with E-state index in [4.69, 9.17) is 0 Å². The Morgan fingerprint density at radius 1 is 1.20 bits per heavy atom. The summed E-state index contributed by atoms with van der Waals surface area (Å²) in [5, 5.41) is 0. The minimum atomic E-state index is -0.0364. The number of hydrogen-bond donors (Lipinski definition) is 0. The predicted octanol–water partition coefficient (Wildman–Crippen LogP) is 2.16. The third-order valence-corrected chi connectivity index (χ3v) is 5.04. The summed E-state index contributed by atoms with van der Waals surface area (Å²) < 4.78 is 2.10. The number of imidazole rings is 1. The molecule has 2 aliphatic heterocycles. The van der Waals surface area contributed by atoms with E-state index in [0.717, 1.165) is 24.5 Å². The smallest absolute Gasteiger partial charge is 0.229 e. The normalized spacial score (nSPS) is 19.6. The van der Waals surface area contributed by atoms with Gasteiger partial charge in [0.05, 0.1) is 18.2 Å². The van der Waals surface area contributed by atoms with Crippen LogP contribution in [0.5, 0.6) is 0 Å². The standard InChI is InChI=1S/C19H28N4O2/c1-14(2)6-7-17(24)23-11-10-22-13-16(20-19(22)15(23)3)12-18(25)21-8-4-5-9-21/h4-5,13-15H,6-12H2,1-3H3. The van der Waals surface area contributed by atoms with Gasteiger partial charge in [0.15, 0.2) is 0 Å². The molecule has 0 aliphatic carbocycles. The molecule has 0 saturated carbocycles. The predicted molar refractivity (Wildman–Crippen MR) is 95.9 cm³/mol. The van der Waals surface area contributed by atoms with Crippen molar-refractivity contribution in [2.24, 2.45) is 5.92 Å². The van der Waals surface area contributed by atoms with Gasteiger partial charge in [-0.2, -0.15) is 0 Å². The summed E-state index contributed by atoms with van der Waals surface area (Å²) in [6, 6.07) is -0.0364. The lowest BCUT2D eigenvalue weighted by Crippen LogP contribution is -2.41. The Labute approximate surface area is 149 Å². The second-order valence-corrected chi connectivity index (χ2v) is 7.43. The SMILES string of the molecule is CC(C)CCC(=O)N1CCn2cc(CC(=O)N3CC=CC3)nc2C1C. The first-order chi connectivity index (χ1) is 12.0. The highest BCUT2D eigenvalue weighted by Crippen LogP contribution is 2.26. The highest BCUT2D eigenvalue weighted by molar-refractivity contribution is 5.79. The van der Waals surface area contributed by atoms with Crippen LogP contribution in [-0.4, -0.2) is 50.8 Å². The number of aromatic nitrogens is 2. The molecule has 3 rings (SSSR count). The van der Waals surface area contributed by atoms with E-state index in [1.807, 2.05) is 35.1 Å². The van der Waals surface area contributed by atoms with Crippen LogP contribution in [0.15, 0.2) is 18.3 Å². The summed E-state index contributed by atoms with van der Waals surface area (Å²) in [5.41, 5.74) is 0.801. The van der Waals surface area contributed by atoms with Crippen molar-refractivity contribution in [1.82, 2.24) is 19.4 Å². The highest BCUT2D eigenvalue weighted by atomic mass is 16.2. The number of rotatable bonds is 5. The molecule has 0 fully saturated rings. The summed E-state index contributed by atoms with van der Waals surface area (Å²) in [6.45, 7) is 9.16. The summed E-state index contributed by atoms with van der Waals surface area (Å²) in [6.07, 6.45) is 7.84. The van der Waals surface area contributed by atoms with Gasteiger partial charge in [0.25, 0.3) is 0 Å².